The summed E-state index contributed by atoms with van der Waals surface area (Å²) in [6, 6.07) is 1.63. The Morgan fingerprint density at radius 1 is 1.62 bits per heavy atom. The van der Waals surface area contributed by atoms with Crippen molar-refractivity contribution in [2.24, 2.45) is 5.73 Å². The summed E-state index contributed by atoms with van der Waals surface area (Å²) in [5.74, 6) is 0.567. The molecule has 72 valence electrons. The average Bonchev–Trinajstić information content (AvgIpc) is 2.18. The van der Waals surface area contributed by atoms with Gasteiger partial charge in [-0.1, -0.05) is 0 Å². The quantitative estimate of drug-likeness (QED) is 0.770. The van der Waals surface area contributed by atoms with Crippen molar-refractivity contribution in [3.8, 4) is 5.75 Å². The zero-order chi connectivity index (χ0) is 9.68. The molecule has 0 aliphatic heterocycles. The summed E-state index contributed by atoms with van der Waals surface area (Å²) in [5.41, 5.74) is 5.76. The lowest BCUT2D eigenvalue weighted by molar-refractivity contribution is 0.324. The van der Waals surface area contributed by atoms with E-state index < -0.39 is 6.17 Å². The van der Waals surface area contributed by atoms with Crippen LogP contribution in [0.25, 0.3) is 0 Å². The third-order valence-corrected chi connectivity index (χ3v) is 1.75. The normalized spacial score (nSPS) is 12.5. The van der Waals surface area contributed by atoms with Crippen molar-refractivity contribution in [3.05, 3.63) is 24.0 Å². The molecule has 3 nitrogen and oxygen atoms in total. The maximum Gasteiger partial charge on any atom is 0.137 e. The fourth-order valence-corrected chi connectivity index (χ4v) is 1.03. The largest absolute Gasteiger partial charge is 0.495 e. The topological polar surface area (TPSA) is 48.1 Å². The first-order valence-corrected chi connectivity index (χ1v) is 4.11. The highest BCUT2D eigenvalue weighted by Gasteiger charge is 2.09. The van der Waals surface area contributed by atoms with E-state index >= 15 is 0 Å². The van der Waals surface area contributed by atoms with Gasteiger partial charge in [0.2, 0.25) is 0 Å². The molecule has 0 spiro atoms. The fourth-order valence-electron chi connectivity index (χ4n) is 1.03. The highest BCUT2D eigenvalue weighted by molar-refractivity contribution is 5.24. The van der Waals surface area contributed by atoms with Gasteiger partial charge in [-0.15, -0.1) is 0 Å². The highest BCUT2D eigenvalue weighted by atomic mass is 19.1. The van der Waals surface area contributed by atoms with Crippen molar-refractivity contribution >= 4 is 0 Å². The minimum absolute atomic E-state index is 0.314. The van der Waals surface area contributed by atoms with E-state index in [1.165, 1.54) is 13.3 Å². The van der Waals surface area contributed by atoms with Crippen LogP contribution < -0.4 is 10.5 Å². The van der Waals surface area contributed by atoms with E-state index in [4.69, 9.17) is 10.5 Å². The third kappa shape index (κ3) is 2.66. The van der Waals surface area contributed by atoms with E-state index in [-0.39, 0.29) is 0 Å². The molecule has 0 aliphatic carbocycles. The summed E-state index contributed by atoms with van der Waals surface area (Å²) in [4.78, 5) is 3.85. The van der Waals surface area contributed by atoms with Crippen LogP contribution in [0.2, 0.25) is 0 Å². The van der Waals surface area contributed by atoms with Gasteiger partial charge in [0.15, 0.2) is 0 Å². The van der Waals surface area contributed by atoms with E-state index in [0.29, 0.717) is 24.3 Å². The number of pyridine rings is 1. The summed E-state index contributed by atoms with van der Waals surface area (Å²) in [7, 11) is 1.52. The second-order valence-electron chi connectivity index (χ2n) is 2.70. The predicted molar refractivity (Wildman–Crippen MR) is 48.3 cm³/mol. The first-order valence-electron chi connectivity index (χ1n) is 4.11. The first-order chi connectivity index (χ1) is 6.27. The lowest BCUT2D eigenvalue weighted by Crippen LogP contribution is -2.04. The van der Waals surface area contributed by atoms with Gasteiger partial charge in [-0.05, 0) is 19.0 Å². The third-order valence-electron chi connectivity index (χ3n) is 1.75. The number of rotatable bonds is 4. The van der Waals surface area contributed by atoms with Gasteiger partial charge in [-0.25, -0.2) is 4.39 Å². The van der Waals surface area contributed by atoms with Crippen molar-refractivity contribution in [2.75, 3.05) is 13.7 Å². The van der Waals surface area contributed by atoms with Crippen LogP contribution in [-0.4, -0.2) is 18.6 Å². The molecule has 0 radical (unpaired) electrons. The fraction of sp³-hybridized carbons (Fsp3) is 0.444. The number of nitrogens with zero attached hydrogens (tertiary/aromatic N) is 1. The van der Waals surface area contributed by atoms with E-state index in [1.54, 1.807) is 12.3 Å². The Morgan fingerprint density at radius 2 is 2.38 bits per heavy atom. The Hall–Kier alpha value is -1.16. The van der Waals surface area contributed by atoms with Crippen molar-refractivity contribution in [3.63, 3.8) is 0 Å². The molecule has 1 aromatic rings. The van der Waals surface area contributed by atoms with Gasteiger partial charge in [-0.3, -0.25) is 4.98 Å². The van der Waals surface area contributed by atoms with Gasteiger partial charge >= 0.3 is 0 Å². The van der Waals surface area contributed by atoms with E-state index in [2.05, 4.69) is 4.98 Å². The second kappa shape index (κ2) is 4.77. The molecular weight excluding hydrogens is 171 g/mol. The van der Waals surface area contributed by atoms with Crippen LogP contribution in [0.5, 0.6) is 5.75 Å². The van der Waals surface area contributed by atoms with Gasteiger partial charge in [0.05, 0.1) is 13.3 Å². The molecule has 1 unspecified atom stereocenters. The van der Waals surface area contributed by atoms with Crippen molar-refractivity contribution in [1.82, 2.24) is 4.98 Å². The molecule has 0 fully saturated rings. The van der Waals surface area contributed by atoms with Crippen LogP contribution in [0.15, 0.2) is 18.5 Å². The smallest absolute Gasteiger partial charge is 0.137 e. The van der Waals surface area contributed by atoms with Crippen LogP contribution in [0.4, 0.5) is 4.39 Å². The molecule has 1 atom stereocenters. The maximum absolute atomic E-state index is 13.3. The molecule has 1 heterocycles. The molecule has 0 saturated carbocycles. The Balaban J connectivity index is 2.75. The van der Waals surface area contributed by atoms with Crippen molar-refractivity contribution in [1.29, 1.82) is 0 Å². The molecular formula is C9H13FN2O. The molecule has 0 aromatic carbocycles. The van der Waals surface area contributed by atoms with Crippen LogP contribution in [0.1, 0.15) is 18.2 Å². The lowest BCUT2D eigenvalue weighted by atomic mass is 10.1. The van der Waals surface area contributed by atoms with Crippen LogP contribution >= 0.6 is 0 Å². The summed E-state index contributed by atoms with van der Waals surface area (Å²) in [5, 5.41) is 0. The number of methoxy groups -OCH3 is 1. The summed E-state index contributed by atoms with van der Waals surface area (Å²) in [6.07, 6.45) is 2.30. The summed E-state index contributed by atoms with van der Waals surface area (Å²) < 4.78 is 18.2. The summed E-state index contributed by atoms with van der Waals surface area (Å²) >= 11 is 0. The SMILES string of the molecule is COc1cncc(C(F)CCN)c1. The number of hydrogen-bond acceptors (Lipinski definition) is 3. The molecule has 0 aliphatic rings. The number of aromatic nitrogens is 1. The number of alkyl halides is 1. The van der Waals surface area contributed by atoms with Gasteiger partial charge < -0.3 is 10.5 Å². The Kier molecular flexibility index (Phi) is 3.64. The molecule has 13 heavy (non-hydrogen) atoms. The second-order valence-corrected chi connectivity index (χ2v) is 2.70. The lowest BCUT2D eigenvalue weighted by Gasteiger charge is -2.07. The number of nitrogens with two attached hydrogens (primary N) is 1. The van der Waals surface area contributed by atoms with Crippen LogP contribution in [0, 0.1) is 0 Å². The molecule has 0 saturated heterocycles. The standard InChI is InChI=1S/C9H13FN2O/c1-13-8-4-7(5-12-6-8)9(10)2-3-11/h4-6,9H,2-3,11H2,1H3. The molecule has 0 bridgehead atoms. The molecule has 4 heteroatoms. The molecule has 1 aromatic heterocycles. The Labute approximate surface area is 76.7 Å². The minimum atomic E-state index is -1.05. The Morgan fingerprint density at radius 3 is 3.00 bits per heavy atom. The predicted octanol–water partition coefficient (Wildman–Crippen LogP) is 1.45. The van der Waals surface area contributed by atoms with Gasteiger partial charge in [0.25, 0.3) is 0 Å². The monoisotopic (exact) mass is 184 g/mol. The number of ether oxygens (including phenoxy) is 1. The first kappa shape index (κ1) is 9.92. The summed E-state index contributed by atoms with van der Waals surface area (Å²) in [6.45, 7) is 0.332. The van der Waals surface area contributed by atoms with Gasteiger partial charge in [-0.2, -0.15) is 0 Å². The van der Waals surface area contributed by atoms with E-state index in [1.807, 2.05) is 0 Å². The number of hydrogen-bond donors (Lipinski definition) is 1. The molecule has 2 N–H and O–H groups in total. The molecule has 1 rings (SSSR count). The van der Waals surface area contributed by atoms with Gasteiger partial charge in [0.1, 0.15) is 11.9 Å². The zero-order valence-electron chi connectivity index (χ0n) is 7.53. The zero-order valence-corrected chi connectivity index (χ0v) is 7.53. The van der Waals surface area contributed by atoms with Crippen LogP contribution in [-0.2, 0) is 0 Å². The molecule has 0 amide bonds. The van der Waals surface area contributed by atoms with Crippen LogP contribution in [0.3, 0.4) is 0 Å². The number of halogens is 1. The Bertz CT molecular complexity index is 268. The minimum Gasteiger partial charge on any atom is -0.495 e. The van der Waals surface area contributed by atoms with Crippen molar-refractivity contribution in [2.45, 2.75) is 12.6 Å². The van der Waals surface area contributed by atoms with Gasteiger partial charge in [0, 0.05) is 11.8 Å². The van der Waals surface area contributed by atoms with E-state index in [0.717, 1.165) is 0 Å². The highest BCUT2D eigenvalue weighted by Crippen LogP contribution is 2.22. The van der Waals surface area contributed by atoms with E-state index in [9.17, 15) is 4.39 Å². The average molecular weight is 184 g/mol. The van der Waals surface area contributed by atoms with Crippen molar-refractivity contribution < 1.29 is 9.13 Å². The maximum atomic E-state index is 13.3.